The zero-order valence-electron chi connectivity index (χ0n) is 25.0. The molecule has 40 heavy (non-hydrogen) atoms. The highest BCUT2D eigenvalue weighted by molar-refractivity contribution is 6.22. The molecule has 5 fully saturated rings. The zero-order chi connectivity index (χ0) is 27.8. The molecule has 1 heterocycles. The molecule has 0 bridgehead atoms. The lowest BCUT2D eigenvalue weighted by molar-refractivity contribution is 0.0949. The van der Waals surface area contributed by atoms with Crippen molar-refractivity contribution in [1.82, 2.24) is 5.32 Å². The van der Waals surface area contributed by atoms with Gasteiger partial charge in [-0.25, -0.2) is 0 Å². The number of hydrogen-bond acceptors (Lipinski definition) is 4. The summed E-state index contributed by atoms with van der Waals surface area (Å²) in [5.74, 6) is 5.97. The Labute approximate surface area is 249 Å². The van der Waals surface area contributed by atoms with Gasteiger partial charge in [-0.15, -0.1) is 17.3 Å². The minimum absolute atomic E-state index is 0.144. The first-order chi connectivity index (χ1) is 19.4. The number of nitrogens with one attached hydrogen (secondary N) is 1. The van der Waals surface area contributed by atoms with Gasteiger partial charge in [-0.2, -0.15) is 0 Å². The number of piperidine rings is 1. The molecule has 4 saturated carbocycles. The number of nitrogens with two attached hydrogens (primary N) is 2. The lowest BCUT2D eigenvalue weighted by Gasteiger charge is -2.46. The fourth-order valence-corrected chi connectivity index (χ4v) is 10.4. The number of halogens is 1. The molecule has 0 amide bonds. The van der Waals surface area contributed by atoms with Crippen LogP contribution in [0, 0.1) is 47.3 Å². The van der Waals surface area contributed by atoms with E-state index in [0.717, 1.165) is 36.5 Å². The van der Waals surface area contributed by atoms with Crippen LogP contribution in [0.25, 0.3) is 0 Å². The van der Waals surface area contributed by atoms with E-state index in [0.29, 0.717) is 48.4 Å². The summed E-state index contributed by atoms with van der Waals surface area (Å²) in [6.07, 6.45) is 21.9. The average Bonchev–Trinajstić information content (AvgIpc) is 3.69. The van der Waals surface area contributed by atoms with E-state index in [2.05, 4.69) is 23.7 Å². The van der Waals surface area contributed by atoms with Crippen LogP contribution in [0.1, 0.15) is 96.3 Å². The number of hydrogen-bond donors (Lipinski definition) is 3. The van der Waals surface area contributed by atoms with Crippen LogP contribution in [0.3, 0.4) is 0 Å². The van der Waals surface area contributed by atoms with Crippen molar-refractivity contribution in [3.05, 3.63) is 29.5 Å². The lowest BCUT2D eigenvalue weighted by atomic mass is 9.61. The van der Waals surface area contributed by atoms with E-state index in [9.17, 15) is 0 Å². The van der Waals surface area contributed by atoms with Crippen molar-refractivity contribution in [3.63, 3.8) is 0 Å². The highest BCUT2D eigenvalue weighted by atomic mass is 35.5. The van der Waals surface area contributed by atoms with Gasteiger partial charge in [-0.05, 0) is 136 Å². The van der Waals surface area contributed by atoms with E-state index >= 15 is 0 Å². The Morgan fingerprint density at radius 1 is 0.975 bits per heavy atom. The molecule has 0 aromatic heterocycles. The smallest absolute Gasteiger partial charge is 0.0749 e. The van der Waals surface area contributed by atoms with Crippen LogP contribution in [-0.4, -0.2) is 43.3 Å². The number of rotatable bonds is 10. The molecular formula is C35H56ClN3O. The van der Waals surface area contributed by atoms with E-state index in [1.54, 1.807) is 7.11 Å². The largest absolute Gasteiger partial charge is 0.380 e. The molecule has 4 nitrogen and oxygen atoms in total. The van der Waals surface area contributed by atoms with Crippen molar-refractivity contribution in [1.29, 1.82) is 0 Å². The summed E-state index contributed by atoms with van der Waals surface area (Å²) in [7, 11) is 1.77. The summed E-state index contributed by atoms with van der Waals surface area (Å²) in [5.41, 5.74) is 19.3. The average molecular weight is 570 g/mol. The first kappa shape index (κ1) is 29.5. The molecule has 6 aliphatic rings. The second-order valence-corrected chi connectivity index (χ2v) is 15.4. The Balaban J connectivity index is 1.02. The van der Waals surface area contributed by atoms with Gasteiger partial charge < -0.3 is 21.5 Å². The Bertz CT molecular complexity index is 942. The molecule has 1 aliphatic heterocycles. The first-order valence-electron chi connectivity index (χ1n) is 16.9. The fourth-order valence-electron chi connectivity index (χ4n) is 9.90. The Hall–Kier alpha value is -0.610. The molecule has 5 heteroatoms. The van der Waals surface area contributed by atoms with E-state index in [1.165, 1.54) is 94.6 Å². The molecule has 6 unspecified atom stereocenters. The normalized spacial score (nSPS) is 45.2. The summed E-state index contributed by atoms with van der Waals surface area (Å²) < 4.78 is 5.36. The third kappa shape index (κ3) is 6.48. The molecule has 0 aromatic rings. The lowest BCUT2D eigenvalue weighted by Crippen LogP contribution is -2.53. The quantitative estimate of drug-likeness (QED) is 0.155. The molecule has 0 radical (unpaired) electrons. The van der Waals surface area contributed by atoms with Crippen LogP contribution >= 0.6 is 11.6 Å². The third-order valence-corrected chi connectivity index (χ3v) is 13.1. The van der Waals surface area contributed by atoms with Gasteiger partial charge in [0.25, 0.3) is 0 Å². The number of methoxy groups -OCH3 is 1. The SMILES string of the molecule is C=C=C(COC)C1CC(C2CCC(C3=CC(N)CC(CC4C[C@@H]5C(CC[C@@H]5N)C(CCC5CC5)N4)C3Cl)CC2)C1. The van der Waals surface area contributed by atoms with Crippen molar-refractivity contribution in [2.24, 2.45) is 58.8 Å². The highest BCUT2D eigenvalue weighted by Gasteiger charge is 2.46. The number of fused-ring (bicyclic) bond motifs is 1. The van der Waals surface area contributed by atoms with Crippen LogP contribution in [0.15, 0.2) is 29.5 Å². The molecule has 5 N–H and O–H groups in total. The van der Waals surface area contributed by atoms with Gasteiger partial charge in [0.2, 0.25) is 0 Å². The summed E-state index contributed by atoms with van der Waals surface area (Å²) in [6.45, 7) is 4.58. The van der Waals surface area contributed by atoms with E-state index in [-0.39, 0.29) is 11.4 Å². The van der Waals surface area contributed by atoms with Crippen molar-refractivity contribution in [2.75, 3.05) is 13.7 Å². The van der Waals surface area contributed by atoms with E-state index in [4.69, 9.17) is 27.8 Å². The Morgan fingerprint density at radius 2 is 1.75 bits per heavy atom. The van der Waals surface area contributed by atoms with Gasteiger partial charge in [-0.1, -0.05) is 31.1 Å². The molecule has 8 atom stereocenters. The molecule has 0 aromatic carbocycles. The highest BCUT2D eigenvalue weighted by Crippen LogP contribution is 2.50. The Morgan fingerprint density at radius 3 is 2.45 bits per heavy atom. The van der Waals surface area contributed by atoms with Crippen LogP contribution in [-0.2, 0) is 4.74 Å². The molecule has 224 valence electrons. The van der Waals surface area contributed by atoms with E-state index in [1.807, 2.05) is 0 Å². The van der Waals surface area contributed by atoms with E-state index < -0.39 is 0 Å². The van der Waals surface area contributed by atoms with Crippen LogP contribution < -0.4 is 16.8 Å². The van der Waals surface area contributed by atoms with Gasteiger partial charge in [0.05, 0.1) is 12.0 Å². The van der Waals surface area contributed by atoms with Crippen molar-refractivity contribution < 1.29 is 4.74 Å². The summed E-state index contributed by atoms with van der Waals surface area (Å²) in [4.78, 5) is 0. The van der Waals surface area contributed by atoms with Crippen LogP contribution in [0.5, 0.6) is 0 Å². The molecule has 5 aliphatic carbocycles. The molecule has 1 saturated heterocycles. The van der Waals surface area contributed by atoms with Crippen molar-refractivity contribution >= 4 is 11.6 Å². The predicted molar refractivity (Wildman–Crippen MR) is 166 cm³/mol. The molecular weight excluding hydrogens is 514 g/mol. The van der Waals surface area contributed by atoms with Gasteiger partial charge in [0.1, 0.15) is 0 Å². The zero-order valence-corrected chi connectivity index (χ0v) is 25.8. The standard InChI is InChI=1S/C35H56ClN3O/c1-3-22(20-40-2)25-14-26(15-25)23-7-9-24(10-8-23)31-18-28(37)16-27(35(31)36)17-29-19-32-30(11-12-33(32)38)34(39-29)13-6-21-4-5-21/h18,21,23-30,32-35,39H,1,4-17,19-20,37-38H2,2H3/t23?,24?,25?,26?,27?,28?,29?,30?,32-,33+,34?,35?/m1/s1. The third-order valence-electron chi connectivity index (χ3n) is 12.4. The van der Waals surface area contributed by atoms with Gasteiger partial charge in [0.15, 0.2) is 0 Å². The maximum Gasteiger partial charge on any atom is 0.0749 e. The Kier molecular flexibility index (Phi) is 9.53. The maximum absolute atomic E-state index is 7.39. The summed E-state index contributed by atoms with van der Waals surface area (Å²) in [6, 6.07) is 1.75. The van der Waals surface area contributed by atoms with Gasteiger partial charge in [0, 0.05) is 31.3 Å². The first-order valence-corrected chi connectivity index (χ1v) is 17.4. The predicted octanol–water partition coefficient (Wildman–Crippen LogP) is 6.72. The minimum atomic E-state index is 0.144. The second kappa shape index (κ2) is 12.9. The number of alkyl halides is 1. The van der Waals surface area contributed by atoms with Crippen LogP contribution in [0.2, 0.25) is 0 Å². The monoisotopic (exact) mass is 569 g/mol. The maximum atomic E-state index is 7.39. The van der Waals surface area contributed by atoms with Crippen LogP contribution in [0.4, 0.5) is 0 Å². The topological polar surface area (TPSA) is 73.3 Å². The minimum Gasteiger partial charge on any atom is -0.380 e. The summed E-state index contributed by atoms with van der Waals surface area (Å²) >= 11 is 7.39. The second-order valence-electron chi connectivity index (χ2n) is 14.9. The summed E-state index contributed by atoms with van der Waals surface area (Å²) in [5, 5.41) is 4.31. The van der Waals surface area contributed by atoms with Crippen molar-refractivity contribution in [2.45, 2.75) is 126 Å². The molecule has 0 spiro atoms. The van der Waals surface area contributed by atoms with Crippen molar-refractivity contribution in [3.8, 4) is 0 Å². The van der Waals surface area contributed by atoms with Gasteiger partial charge >= 0.3 is 0 Å². The number of ether oxygens (including phenoxy) is 1. The fraction of sp³-hybridized carbons (Fsp3) is 0.857. The van der Waals surface area contributed by atoms with Gasteiger partial charge in [-0.3, -0.25) is 0 Å². The molecule has 6 rings (SSSR count). The number of allylic oxidation sites excluding steroid dienone is 1.